The number of hydrogen-bond donors (Lipinski definition) is 0. The van der Waals surface area contributed by atoms with E-state index in [0.29, 0.717) is 5.92 Å². The largest absolute Gasteiger partial charge is 0.334 e. The Morgan fingerprint density at radius 1 is 1.28 bits per heavy atom. The van der Waals surface area contributed by atoms with Crippen molar-refractivity contribution in [3.8, 4) is 0 Å². The lowest BCUT2D eigenvalue weighted by molar-refractivity contribution is 0.104. The summed E-state index contributed by atoms with van der Waals surface area (Å²) in [5.41, 5.74) is 0.269. The maximum absolute atomic E-state index is 6.15. The zero-order chi connectivity index (χ0) is 13.4. The summed E-state index contributed by atoms with van der Waals surface area (Å²) in [5.74, 6) is 0.544. The predicted octanol–water partition coefficient (Wildman–Crippen LogP) is 3.25. The van der Waals surface area contributed by atoms with Gasteiger partial charge in [0, 0.05) is 17.8 Å². The first kappa shape index (κ1) is 14.2. The van der Waals surface area contributed by atoms with Gasteiger partial charge in [-0.05, 0) is 24.3 Å². The van der Waals surface area contributed by atoms with E-state index in [4.69, 9.17) is 16.3 Å². The molecule has 1 heterocycles. The van der Waals surface area contributed by atoms with Crippen LogP contribution in [-0.2, 0) is 16.3 Å². The Morgan fingerprint density at radius 2 is 1.89 bits per heavy atom. The van der Waals surface area contributed by atoms with E-state index in [1.165, 1.54) is 0 Å². The van der Waals surface area contributed by atoms with Gasteiger partial charge in [0.05, 0.1) is 6.61 Å². The molecule has 1 fully saturated rings. The van der Waals surface area contributed by atoms with Crippen molar-refractivity contribution >= 4 is 23.5 Å². The minimum atomic E-state index is -2.00. The van der Waals surface area contributed by atoms with Gasteiger partial charge in [-0.15, -0.1) is 0 Å². The first-order valence-electron chi connectivity index (χ1n) is 6.36. The highest BCUT2D eigenvalue weighted by atomic mass is 32.4. The van der Waals surface area contributed by atoms with E-state index in [2.05, 4.69) is 44.6 Å². The Kier molecular flexibility index (Phi) is 3.99. The van der Waals surface area contributed by atoms with Gasteiger partial charge in [-0.2, -0.15) is 0 Å². The fraction of sp³-hybridized carbons (Fsp3) is 0.571. The molecule has 1 aliphatic rings. The molecule has 2 nitrogen and oxygen atoms in total. The van der Waals surface area contributed by atoms with Crippen LogP contribution in [0.2, 0.25) is 0 Å². The molecule has 0 spiro atoms. The van der Waals surface area contributed by atoms with E-state index < -0.39 is 6.42 Å². The number of nitrogens with zero attached hydrogens (tertiary/aromatic N) is 1. The second-order valence-corrected chi connectivity index (χ2v) is 10.0. The van der Waals surface area contributed by atoms with E-state index >= 15 is 0 Å². The molecule has 18 heavy (non-hydrogen) atoms. The summed E-state index contributed by atoms with van der Waals surface area (Å²) < 4.78 is 8.42. The Bertz CT molecular complexity index is 455. The molecule has 0 N–H and O–H groups in total. The van der Waals surface area contributed by atoms with Crippen molar-refractivity contribution < 1.29 is 4.52 Å². The van der Waals surface area contributed by atoms with Crippen LogP contribution >= 0.6 is 6.42 Å². The SMILES string of the molecule is CN1C[C@@H](C(C)(C)C)CO[P@]1(=S)c1ccccc1. The van der Waals surface area contributed by atoms with E-state index in [-0.39, 0.29) is 5.41 Å². The Hall–Kier alpha value is -0.210. The van der Waals surface area contributed by atoms with Crippen molar-refractivity contribution in [2.45, 2.75) is 20.8 Å². The number of rotatable bonds is 1. The quantitative estimate of drug-likeness (QED) is 0.734. The fourth-order valence-corrected chi connectivity index (χ4v) is 5.01. The third-order valence-corrected chi connectivity index (χ3v) is 7.99. The van der Waals surface area contributed by atoms with E-state index in [1.807, 2.05) is 18.2 Å². The highest BCUT2D eigenvalue weighted by Crippen LogP contribution is 2.53. The van der Waals surface area contributed by atoms with Gasteiger partial charge in [-0.25, -0.2) is 0 Å². The molecule has 2 rings (SSSR count). The average molecular weight is 283 g/mol. The molecular weight excluding hydrogens is 261 g/mol. The average Bonchev–Trinajstić information content (AvgIpc) is 2.32. The minimum Gasteiger partial charge on any atom is -0.334 e. The van der Waals surface area contributed by atoms with Gasteiger partial charge in [0.2, 0.25) is 0 Å². The van der Waals surface area contributed by atoms with Crippen molar-refractivity contribution in [3.05, 3.63) is 30.3 Å². The molecule has 0 radical (unpaired) electrons. The van der Waals surface area contributed by atoms with Crippen LogP contribution in [0, 0.1) is 11.3 Å². The Balaban J connectivity index is 2.22. The molecule has 0 saturated carbocycles. The van der Waals surface area contributed by atoms with E-state index in [9.17, 15) is 0 Å². The lowest BCUT2D eigenvalue weighted by Crippen LogP contribution is -2.41. The second-order valence-electron chi connectivity index (χ2n) is 6.05. The third kappa shape index (κ3) is 2.70. The van der Waals surface area contributed by atoms with Crippen molar-refractivity contribution in [2.75, 3.05) is 20.2 Å². The minimum absolute atomic E-state index is 0.269. The summed E-state index contributed by atoms with van der Waals surface area (Å²) in [4.78, 5) is 0. The summed E-state index contributed by atoms with van der Waals surface area (Å²) in [6.45, 7) is 8.61. The van der Waals surface area contributed by atoms with Crippen molar-refractivity contribution in [1.82, 2.24) is 4.67 Å². The molecule has 0 aromatic heterocycles. The summed E-state index contributed by atoms with van der Waals surface area (Å²) in [7, 11) is 2.10. The maximum atomic E-state index is 6.15. The van der Waals surface area contributed by atoms with Crippen LogP contribution in [0.1, 0.15) is 20.8 Å². The van der Waals surface area contributed by atoms with Crippen molar-refractivity contribution in [3.63, 3.8) is 0 Å². The van der Waals surface area contributed by atoms with Gasteiger partial charge < -0.3 is 4.52 Å². The zero-order valence-corrected chi connectivity index (χ0v) is 13.3. The highest BCUT2D eigenvalue weighted by molar-refractivity contribution is 8.14. The van der Waals surface area contributed by atoms with E-state index in [0.717, 1.165) is 18.5 Å². The van der Waals surface area contributed by atoms with Crippen LogP contribution in [0.4, 0.5) is 0 Å². The van der Waals surface area contributed by atoms with Crippen LogP contribution in [0.25, 0.3) is 0 Å². The summed E-state index contributed by atoms with van der Waals surface area (Å²) in [6, 6.07) is 10.3. The smallest absolute Gasteiger partial charge is 0.161 e. The predicted molar refractivity (Wildman–Crippen MR) is 81.9 cm³/mol. The van der Waals surface area contributed by atoms with Crippen molar-refractivity contribution in [1.29, 1.82) is 0 Å². The molecule has 1 aromatic carbocycles. The standard InChI is InChI=1S/C14H22NOPS/c1-14(2,3)12-10-15(4)17(18,16-11-12)13-8-6-5-7-9-13/h5-9,12H,10-11H2,1-4H3/t12-,17+/m1/s1. The van der Waals surface area contributed by atoms with Gasteiger partial charge in [-0.1, -0.05) is 51.1 Å². The van der Waals surface area contributed by atoms with Gasteiger partial charge >= 0.3 is 0 Å². The summed E-state index contributed by atoms with van der Waals surface area (Å²) in [6.07, 6.45) is -2.00. The molecule has 0 aliphatic carbocycles. The van der Waals surface area contributed by atoms with Crippen molar-refractivity contribution in [2.24, 2.45) is 11.3 Å². The summed E-state index contributed by atoms with van der Waals surface area (Å²) in [5, 5.41) is 1.16. The fourth-order valence-electron chi connectivity index (χ4n) is 2.18. The first-order chi connectivity index (χ1) is 8.34. The molecule has 100 valence electrons. The molecule has 1 aromatic rings. The second kappa shape index (κ2) is 5.05. The highest BCUT2D eigenvalue weighted by Gasteiger charge is 2.38. The lowest BCUT2D eigenvalue weighted by Gasteiger charge is -2.44. The summed E-state index contributed by atoms with van der Waals surface area (Å²) >= 11 is 5.83. The van der Waals surface area contributed by atoms with Crippen LogP contribution < -0.4 is 5.30 Å². The van der Waals surface area contributed by atoms with Crippen LogP contribution in [0.15, 0.2) is 30.3 Å². The maximum Gasteiger partial charge on any atom is 0.161 e. The Labute approximate surface area is 115 Å². The number of hydrogen-bond acceptors (Lipinski definition) is 2. The van der Waals surface area contributed by atoms with Gasteiger partial charge in [0.15, 0.2) is 6.42 Å². The normalized spacial score (nSPS) is 30.3. The molecular formula is C14H22NOPS. The topological polar surface area (TPSA) is 12.5 Å². The number of benzene rings is 1. The molecule has 1 aliphatic heterocycles. The van der Waals surface area contributed by atoms with Crippen LogP contribution in [0.3, 0.4) is 0 Å². The third-order valence-electron chi connectivity index (χ3n) is 3.69. The van der Waals surface area contributed by atoms with Crippen LogP contribution in [0.5, 0.6) is 0 Å². The van der Waals surface area contributed by atoms with Gasteiger partial charge in [0.25, 0.3) is 0 Å². The monoisotopic (exact) mass is 283 g/mol. The zero-order valence-electron chi connectivity index (χ0n) is 11.6. The molecule has 4 heteroatoms. The molecule has 0 unspecified atom stereocenters. The molecule has 2 atom stereocenters. The lowest BCUT2D eigenvalue weighted by atomic mass is 9.81. The molecule has 0 amide bonds. The first-order valence-corrected chi connectivity index (χ1v) is 9.03. The molecule has 0 bridgehead atoms. The van der Waals surface area contributed by atoms with Gasteiger partial charge in [0.1, 0.15) is 0 Å². The van der Waals surface area contributed by atoms with Gasteiger partial charge in [-0.3, -0.25) is 4.67 Å². The van der Waals surface area contributed by atoms with Crippen LogP contribution in [-0.4, -0.2) is 24.9 Å². The Morgan fingerprint density at radius 3 is 2.39 bits per heavy atom. The van der Waals surface area contributed by atoms with E-state index in [1.54, 1.807) is 0 Å². The molecule has 1 saturated heterocycles.